The van der Waals surface area contributed by atoms with E-state index in [9.17, 15) is 8.78 Å². The van der Waals surface area contributed by atoms with E-state index in [1.165, 1.54) is 18.2 Å². The van der Waals surface area contributed by atoms with Crippen LogP contribution in [0.3, 0.4) is 0 Å². The lowest BCUT2D eigenvalue weighted by atomic mass is 10.2. The zero-order valence-corrected chi connectivity index (χ0v) is 12.3. The van der Waals surface area contributed by atoms with Gasteiger partial charge in [-0.15, -0.1) is 11.6 Å². The fourth-order valence-electron chi connectivity index (χ4n) is 2.32. The van der Waals surface area contributed by atoms with Gasteiger partial charge >= 0.3 is 0 Å². The van der Waals surface area contributed by atoms with Crippen LogP contribution < -0.4 is 0 Å². The molecule has 0 aliphatic heterocycles. The zero-order chi connectivity index (χ0) is 15.0. The predicted molar refractivity (Wildman–Crippen MR) is 80.4 cm³/mol. The second-order valence-corrected chi connectivity index (χ2v) is 5.35. The average Bonchev–Trinajstić information content (AvgIpc) is 2.78. The fourth-order valence-corrected chi connectivity index (χ4v) is 2.71. The first-order chi connectivity index (χ1) is 10.1. The molecule has 108 valence electrons. The van der Waals surface area contributed by atoms with Gasteiger partial charge in [0.05, 0.1) is 11.2 Å². The Bertz CT molecular complexity index is 795. The Morgan fingerprint density at radius 1 is 1.14 bits per heavy atom. The third kappa shape index (κ3) is 2.61. The van der Waals surface area contributed by atoms with Gasteiger partial charge in [-0.2, -0.15) is 0 Å². The number of rotatable bonds is 3. The summed E-state index contributed by atoms with van der Waals surface area (Å²) < 4.78 is 29.2. The van der Waals surface area contributed by atoms with Gasteiger partial charge in [0, 0.05) is 17.3 Å². The molecule has 0 spiro atoms. The van der Waals surface area contributed by atoms with Gasteiger partial charge in [0.1, 0.15) is 17.2 Å². The van der Waals surface area contributed by atoms with Gasteiger partial charge in [-0.3, -0.25) is 4.57 Å². The van der Waals surface area contributed by atoms with Crippen molar-refractivity contribution in [1.29, 1.82) is 0 Å². The number of benzene rings is 2. The lowest BCUT2D eigenvalue weighted by molar-refractivity contribution is 0.626. The summed E-state index contributed by atoms with van der Waals surface area (Å²) in [6.07, 6.45) is 0.434. The molecular weight excluding hydrogens is 317 g/mol. The highest BCUT2D eigenvalue weighted by Crippen LogP contribution is 2.26. The molecule has 1 aromatic heterocycles. The van der Waals surface area contributed by atoms with Crippen molar-refractivity contribution in [3.05, 3.63) is 58.9 Å². The molecule has 3 aromatic rings. The highest BCUT2D eigenvalue weighted by molar-refractivity contribution is 6.30. The first-order valence-electron chi connectivity index (χ1n) is 6.28. The number of hydrogen-bond donors (Lipinski definition) is 0. The molecule has 6 heteroatoms. The van der Waals surface area contributed by atoms with Crippen LogP contribution in [0.4, 0.5) is 8.78 Å². The lowest BCUT2D eigenvalue weighted by Gasteiger charge is -2.09. The van der Waals surface area contributed by atoms with Crippen LogP contribution in [0.1, 0.15) is 5.82 Å². The third-order valence-electron chi connectivity index (χ3n) is 3.13. The van der Waals surface area contributed by atoms with Crippen LogP contribution in [0.15, 0.2) is 36.4 Å². The van der Waals surface area contributed by atoms with Crippen molar-refractivity contribution in [2.24, 2.45) is 0 Å². The Hall–Kier alpha value is -1.65. The maximum atomic E-state index is 13.9. The number of halogens is 4. The number of aryl methyl sites for hydroxylation is 1. The van der Waals surface area contributed by atoms with Crippen LogP contribution in [0.2, 0.25) is 5.02 Å². The molecule has 0 N–H and O–H groups in total. The minimum atomic E-state index is -0.465. The summed E-state index contributed by atoms with van der Waals surface area (Å²) in [5.74, 6) is -0.00234. The van der Waals surface area contributed by atoms with E-state index in [1.54, 1.807) is 22.8 Å². The third-order valence-corrected chi connectivity index (χ3v) is 3.54. The molecule has 0 fully saturated rings. The van der Waals surface area contributed by atoms with Crippen LogP contribution >= 0.6 is 23.2 Å². The Morgan fingerprint density at radius 2 is 1.95 bits per heavy atom. The second-order valence-electron chi connectivity index (χ2n) is 4.54. The Morgan fingerprint density at radius 3 is 2.67 bits per heavy atom. The molecule has 0 atom stereocenters. The minimum Gasteiger partial charge on any atom is -0.296 e. The highest BCUT2D eigenvalue weighted by atomic mass is 35.5. The van der Waals surface area contributed by atoms with Crippen molar-refractivity contribution in [2.45, 2.75) is 6.42 Å². The molecule has 2 aromatic carbocycles. The molecule has 1 heterocycles. The van der Waals surface area contributed by atoms with Crippen LogP contribution in [-0.4, -0.2) is 15.4 Å². The zero-order valence-electron chi connectivity index (χ0n) is 10.8. The van der Waals surface area contributed by atoms with Crippen molar-refractivity contribution in [2.75, 3.05) is 5.88 Å². The number of fused-ring (bicyclic) bond motifs is 1. The van der Waals surface area contributed by atoms with Crippen molar-refractivity contribution < 1.29 is 8.78 Å². The molecule has 2 nitrogen and oxygen atoms in total. The van der Waals surface area contributed by atoms with E-state index >= 15 is 0 Å². The maximum absolute atomic E-state index is 13.9. The van der Waals surface area contributed by atoms with Crippen LogP contribution in [0.25, 0.3) is 16.7 Å². The van der Waals surface area contributed by atoms with Gasteiger partial charge < -0.3 is 0 Å². The Labute approximate surface area is 129 Å². The second kappa shape index (κ2) is 5.62. The fraction of sp³-hybridized carbons (Fsp3) is 0.133. The van der Waals surface area contributed by atoms with Crippen molar-refractivity contribution in [3.8, 4) is 5.69 Å². The predicted octanol–water partition coefficient (Wildman–Crippen LogP) is 4.74. The van der Waals surface area contributed by atoms with Gasteiger partial charge in [-0.05, 0) is 30.3 Å². The first-order valence-corrected chi connectivity index (χ1v) is 7.19. The molecule has 0 saturated heterocycles. The topological polar surface area (TPSA) is 17.8 Å². The summed E-state index contributed by atoms with van der Waals surface area (Å²) in [4.78, 5) is 4.28. The van der Waals surface area contributed by atoms with Gasteiger partial charge in [0.2, 0.25) is 0 Å². The molecule has 21 heavy (non-hydrogen) atoms. The molecular formula is C15H10Cl2F2N2. The van der Waals surface area contributed by atoms with E-state index in [1.807, 2.05) is 0 Å². The molecule has 0 unspecified atom stereocenters. The SMILES string of the molecule is Fc1cc(Cl)cc(-n2c(CCCl)nc3c(F)cccc32)c1. The number of imidazole rings is 1. The largest absolute Gasteiger partial charge is 0.296 e. The summed E-state index contributed by atoms with van der Waals surface area (Å²) in [5, 5.41) is 0.264. The molecule has 0 saturated carbocycles. The molecule has 0 amide bonds. The standard InChI is InChI=1S/C15H10Cl2F2N2/c16-5-4-14-20-15-12(19)2-1-3-13(15)21(14)11-7-9(17)6-10(18)8-11/h1-3,6-8H,4-5H2. The van der Waals surface area contributed by atoms with Crippen molar-refractivity contribution >= 4 is 34.2 Å². The smallest absolute Gasteiger partial charge is 0.151 e. The minimum absolute atomic E-state index is 0.234. The van der Waals surface area contributed by atoms with Gasteiger partial charge in [0.15, 0.2) is 5.82 Å². The average molecular weight is 327 g/mol. The summed E-state index contributed by atoms with van der Waals surface area (Å²) in [6, 6.07) is 8.79. The Balaban J connectivity index is 2.33. The van der Waals surface area contributed by atoms with E-state index in [0.29, 0.717) is 29.3 Å². The van der Waals surface area contributed by atoms with Gasteiger partial charge in [0.25, 0.3) is 0 Å². The van der Waals surface area contributed by atoms with Gasteiger partial charge in [-0.1, -0.05) is 17.7 Å². The summed E-state index contributed by atoms with van der Waals surface area (Å²) in [5.41, 5.74) is 1.28. The molecule has 0 aliphatic rings. The number of nitrogens with zero attached hydrogens (tertiary/aromatic N) is 2. The van der Waals surface area contributed by atoms with E-state index < -0.39 is 11.6 Å². The summed E-state index contributed by atoms with van der Waals surface area (Å²) in [7, 11) is 0. The highest BCUT2D eigenvalue weighted by Gasteiger charge is 2.15. The van der Waals surface area contributed by atoms with E-state index in [4.69, 9.17) is 23.2 Å². The van der Waals surface area contributed by atoms with Crippen LogP contribution in [0, 0.1) is 11.6 Å². The molecule has 3 rings (SSSR count). The Kier molecular flexibility index (Phi) is 3.83. The van der Waals surface area contributed by atoms with Crippen LogP contribution in [0.5, 0.6) is 0 Å². The quantitative estimate of drug-likeness (QED) is 0.636. The monoisotopic (exact) mass is 326 g/mol. The normalized spacial score (nSPS) is 11.2. The first kappa shape index (κ1) is 14.3. The van der Waals surface area contributed by atoms with E-state index in [0.717, 1.165) is 0 Å². The number of hydrogen-bond acceptors (Lipinski definition) is 1. The number of alkyl halides is 1. The van der Waals surface area contributed by atoms with E-state index in [-0.39, 0.29) is 10.5 Å². The molecule has 0 aliphatic carbocycles. The number of aromatic nitrogens is 2. The lowest BCUT2D eigenvalue weighted by Crippen LogP contribution is -2.02. The molecule has 0 bridgehead atoms. The molecule has 0 radical (unpaired) electrons. The van der Waals surface area contributed by atoms with Crippen molar-refractivity contribution in [3.63, 3.8) is 0 Å². The van der Waals surface area contributed by atoms with Crippen molar-refractivity contribution in [1.82, 2.24) is 9.55 Å². The summed E-state index contributed by atoms with van der Waals surface area (Å²) >= 11 is 11.7. The summed E-state index contributed by atoms with van der Waals surface area (Å²) in [6.45, 7) is 0. The van der Waals surface area contributed by atoms with Gasteiger partial charge in [-0.25, -0.2) is 13.8 Å². The van der Waals surface area contributed by atoms with Crippen LogP contribution in [-0.2, 0) is 6.42 Å². The van der Waals surface area contributed by atoms with E-state index in [2.05, 4.69) is 4.98 Å². The number of para-hydroxylation sites is 1. The maximum Gasteiger partial charge on any atom is 0.151 e.